The van der Waals surface area contributed by atoms with E-state index in [1.54, 1.807) is 0 Å². The van der Waals surface area contributed by atoms with Gasteiger partial charge in [0.1, 0.15) is 0 Å². The third-order valence-electron chi connectivity index (χ3n) is 1.90. The van der Waals surface area contributed by atoms with E-state index in [2.05, 4.69) is 18.0 Å². The summed E-state index contributed by atoms with van der Waals surface area (Å²) in [6.07, 6.45) is 2.12. The summed E-state index contributed by atoms with van der Waals surface area (Å²) in [5.74, 6) is 0.334. The van der Waals surface area contributed by atoms with Gasteiger partial charge in [-0.3, -0.25) is 0 Å². The van der Waals surface area contributed by atoms with Crippen LogP contribution in [0.3, 0.4) is 0 Å². The average molecular weight is 184 g/mol. The van der Waals surface area contributed by atoms with Crippen molar-refractivity contribution in [2.75, 3.05) is 20.1 Å². The first-order valence-electron chi connectivity index (χ1n) is 5.41. The van der Waals surface area contributed by atoms with Gasteiger partial charge in [0, 0.05) is 5.92 Å². The van der Waals surface area contributed by atoms with Crippen molar-refractivity contribution >= 4 is 0 Å². The Hall–Kier alpha value is -0.550. The van der Waals surface area contributed by atoms with Crippen molar-refractivity contribution in [3.8, 4) is 6.07 Å². The molecule has 78 valence electrons. The zero-order chi connectivity index (χ0) is 10.7. The number of rotatable bonds is 0. The van der Waals surface area contributed by atoms with E-state index < -0.39 is 0 Å². The fourth-order valence-electron chi connectivity index (χ4n) is 1.14. The van der Waals surface area contributed by atoms with E-state index in [1.165, 1.54) is 0 Å². The first-order valence-corrected chi connectivity index (χ1v) is 5.41. The molecule has 0 aliphatic carbocycles. The Balaban J connectivity index is 0. The molecule has 0 aromatic rings. The zero-order valence-corrected chi connectivity index (χ0v) is 9.80. The molecule has 0 bridgehead atoms. The number of likely N-dealkylation sites (tertiary alicyclic amines) is 1. The van der Waals surface area contributed by atoms with Crippen LogP contribution >= 0.6 is 0 Å². The van der Waals surface area contributed by atoms with Gasteiger partial charge in [-0.1, -0.05) is 27.7 Å². The van der Waals surface area contributed by atoms with Gasteiger partial charge >= 0.3 is 0 Å². The van der Waals surface area contributed by atoms with E-state index in [0.717, 1.165) is 25.9 Å². The maximum atomic E-state index is 8.51. The molecule has 0 aromatic carbocycles. The van der Waals surface area contributed by atoms with E-state index in [-0.39, 0.29) is 0 Å². The molecule has 1 saturated heterocycles. The molecular weight excluding hydrogens is 160 g/mol. The lowest BCUT2D eigenvalue weighted by Gasteiger charge is -2.24. The Morgan fingerprint density at radius 1 is 1.08 bits per heavy atom. The van der Waals surface area contributed by atoms with Crippen molar-refractivity contribution in [2.24, 2.45) is 5.92 Å². The molecule has 1 fully saturated rings. The first kappa shape index (κ1) is 14.9. The number of nitriles is 1. The highest BCUT2D eigenvalue weighted by Gasteiger charge is 2.14. The Bertz CT molecular complexity index is 119. The maximum absolute atomic E-state index is 8.51. The van der Waals surface area contributed by atoms with Gasteiger partial charge in [0.15, 0.2) is 0 Å². The van der Waals surface area contributed by atoms with Crippen LogP contribution in [0.1, 0.15) is 40.5 Å². The van der Waals surface area contributed by atoms with Crippen molar-refractivity contribution in [1.29, 1.82) is 5.26 Å². The minimum absolute atomic E-state index is 0.334. The standard InChI is InChI=1S/C7H12N2.2C2H6/c1-9-4-2-7(6-8)3-5-9;2*1-2/h7H,2-5H2,1H3;2*1-2H3. The van der Waals surface area contributed by atoms with E-state index in [4.69, 9.17) is 5.26 Å². The second kappa shape index (κ2) is 11.4. The number of nitrogens with zero attached hydrogens (tertiary/aromatic N) is 2. The topological polar surface area (TPSA) is 27.0 Å². The van der Waals surface area contributed by atoms with Crippen molar-refractivity contribution < 1.29 is 0 Å². The van der Waals surface area contributed by atoms with Crippen LogP contribution in [0.25, 0.3) is 0 Å². The predicted octanol–water partition coefficient (Wildman–Crippen LogP) is 2.90. The lowest BCUT2D eigenvalue weighted by molar-refractivity contribution is 0.247. The van der Waals surface area contributed by atoms with E-state index in [1.807, 2.05) is 27.7 Å². The molecule has 0 aromatic heterocycles. The van der Waals surface area contributed by atoms with Crippen LogP contribution in [-0.4, -0.2) is 25.0 Å². The third kappa shape index (κ3) is 7.80. The van der Waals surface area contributed by atoms with Gasteiger partial charge in [0.2, 0.25) is 0 Å². The van der Waals surface area contributed by atoms with Crippen LogP contribution in [0.2, 0.25) is 0 Å². The Morgan fingerprint density at radius 3 is 1.77 bits per heavy atom. The lowest BCUT2D eigenvalue weighted by atomic mass is 9.99. The minimum Gasteiger partial charge on any atom is -0.306 e. The highest BCUT2D eigenvalue weighted by atomic mass is 15.1. The highest BCUT2D eigenvalue weighted by molar-refractivity contribution is 4.86. The fraction of sp³-hybridized carbons (Fsp3) is 0.909. The molecule has 0 unspecified atom stereocenters. The molecule has 1 aliphatic heterocycles. The quantitative estimate of drug-likeness (QED) is 0.579. The molecule has 0 amide bonds. The minimum atomic E-state index is 0.334. The Morgan fingerprint density at radius 2 is 1.46 bits per heavy atom. The van der Waals surface area contributed by atoms with E-state index >= 15 is 0 Å². The molecular formula is C11H24N2. The molecule has 13 heavy (non-hydrogen) atoms. The SMILES string of the molecule is CC.CC.CN1CCC(C#N)CC1. The monoisotopic (exact) mass is 184 g/mol. The number of piperidine rings is 1. The van der Waals surface area contributed by atoms with Gasteiger partial charge in [-0.2, -0.15) is 5.26 Å². The maximum Gasteiger partial charge on any atom is 0.0656 e. The molecule has 1 aliphatic rings. The molecule has 0 atom stereocenters. The summed E-state index contributed by atoms with van der Waals surface area (Å²) < 4.78 is 0. The molecule has 0 N–H and O–H groups in total. The lowest BCUT2D eigenvalue weighted by Crippen LogP contribution is -2.29. The normalized spacial score (nSPS) is 17.2. The zero-order valence-electron chi connectivity index (χ0n) is 9.80. The molecule has 1 rings (SSSR count). The van der Waals surface area contributed by atoms with Gasteiger partial charge in [-0.15, -0.1) is 0 Å². The van der Waals surface area contributed by atoms with Crippen LogP contribution in [0.4, 0.5) is 0 Å². The number of hydrogen-bond acceptors (Lipinski definition) is 2. The van der Waals surface area contributed by atoms with Gasteiger partial charge in [-0.05, 0) is 33.0 Å². The largest absolute Gasteiger partial charge is 0.306 e. The molecule has 1 heterocycles. The van der Waals surface area contributed by atoms with Crippen LogP contribution in [0, 0.1) is 17.2 Å². The second-order valence-corrected chi connectivity index (χ2v) is 2.71. The van der Waals surface area contributed by atoms with Gasteiger partial charge < -0.3 is 4.90 Å². The van der Waals surface area contributed by atoms with Crippen LogP contribution in [-0.2, 0) is 0 Å². The molecule has 2 heteroatoms. The highest BCUT2D eigenvalue weighted by Crippen LogP contribution is 2.13. The van der Waals surface area contributed by atoms with Gasteiger partial charge in [0.25, 0.3) is 0 Å². The summed E-state index contributed by atoms with van der Waals surface area (Å²) in [7, 11) is 2.10. The van der Waals surface area contributed by atoms with Gasteiger partial charge in [-0.25, -0.2) is 0 Å². The summed E-state index contributed by atoms with van der Waals surface area (Å²) in [5, 5.41) is 8.51. The smallest absolute Gasteiger partial charge is 0.0656 e. The molecule has 0 spiro atoms. The number of hydrogen-bond donors (Lipinski definition) is 0. The summed E-state index contributed by atoms with van der Waals surface area (Å²) in [6, 6.07) is 2.30. The summed E-state index contributed by atoms with van der Waals surface area (Å²) >= 11 is 0. The summed E-state index contributed by atoms with van der Waals surface area (Å²) in [5.41, 5.74) is 0. The van der Waals surface area contributed by atoms with E-state index in [0.29, 0.717) is 5.92 Å². The van der Waals surface area contributed by atoms with Crippen molar-refractivity contribution in [3.05, 3.63) is 0 Å². The van der Waals surface area contributed by atoms with Crippen LogP contribution < -0.4 is 0 Å². The summed E-state index contributed by atoms with van der Waals surface area (Å²) in [4.78, 5) is 2.27. The molecule has 0 saturated carbocycles. The van der Waals surface area contributed by atoms with E-state index in [9.17, 15) is 0 Å². The van der Waals surface area contributed by atoms with Crippen molar-refractivity contribution in [3.63, 3.8) is 0 Å². The second-order valence-electron chi connectivity index (χ2n) is 2.71. The van der Waals surface area contributed by atoms with Crippen LogP contribution in [0.5, 0.6) is 0 Å². The van der Waals surface area contributed by atoms with Crippen molar-refractivity contribution in [1.82, 2.24) is 4.90 Å². The Kier molecular flexibility index (Phi) is 13.2. The fourth-order valence-corrected chi connectivity index (χ4v) is 1.14. The average Bonchev–Trinajstić information content (AvgIpc) is 2.25. The first-order chi connectivity index (χ1) is 6.33. The van der Waals surface area contributed by atoms with Crippen LogP contribution in [0.15, 0.2) is 0 Å². The Labute approximate surface area is 83.5 Å². The third-order valence-corrected chi connectivity index (χ3v) is 1.90. The van der Waals surface area contributed by atoms with Crippen molar-refractivity contribution in [2.45, 2.75) is 40.5 Å². The van der Waals surface area contributed by atoms with Gasteiger partial charge in [0.05, 0.1) is 6.07 Å². The molecule has 0 radical (unpaired) electrons. The predicted molar refractivity (Wildman–Crippen MR) is 58.5 cm³/mol. The molecule has 2 nitrogen and oxygen atoms in total. The summed E-state index contributed by atoms with van der Waals surface area (Å²) in [6.45, 7) is 10.2.